The monoisotopic (exact) mass is 506 g/mol. The second kappa shape index (κ2) is 8.63. The number of aromatic nitrogens is 6. The topological polar surface area (TPSA) is 122 Å². The van der Waals surface area contributed by atoms with Crippen LogP contribution in [0.1, 0.15) is 0 Å². The molecule has 5 heterocycles. The Morgan fingerprint density at radius 2 is 1.84 bits per heavy atom. The highest BCUT2D eigenvalue weighted by atomic mass is 19.1. The zero-order chi connectivity index (χ0) is 25.8. The summed E-state index contributed by atoms with van der Waals surface area (Å²) < 4.78 is 19.5. The maximum absolute atomic E-state index is 14.2. The van der Waals surface area contributed by atoms with Crippen molar-refractivity contribution in [2.24, 2.45) is 5.73 Å². The molecule has 0 bridgehead atoms. The van der Waals surface area contributed by atoms with Crippen molar-refractivity contribution >= 4 is 27.6 Å². The van der Waals surface area contributed by atoms with Crippen molar-refractivity contribution in [3.05, 3.63) is 72.9 Å². The van der Waals surface area contributed by atoms with E-state index in [2.05, 4.69) is 36.1 Å². The van der Waals surface area contributed by atoms with Crippen LogP contribution in [0, 0.1) is 5.82 Å². The fraction of sp³-hybridized carbons (Fsp3) is 0.143. The van der Waals surface area contributed by atoms with Crippen molar-refractivity contribution < 1.29 is 9.13 Å². The lowest BCUT2D eigenvalue weighted by atomic mass is 10.1. The van der Waals surface area contributed by atoms with E-state index in [0.717, 1.165) is 63.4 Å². The average molecular weight is 507 g/mol. The van der Waals surface area contributed by atoms with Crippen LogP contribution in [0.25, 0.3) is 55.7 Å². The van der Waals surface area contributed by atoms with E-state index < -0.39 is 0 Å². The maximum Gasteiger partial charge on any atom is 0.147 e. The SMILES string of the molecule is COc1cc(F)cc(-c2nccc3[nH]c(-c4n[nH]c5ccc(-c6cncc(N7CC(N)C7)n6)cc45)cc23)c1. The quantitative estimate of drug-likeness (QED) is 0.314. The van der Waals surface area contributed by atoms with Crippen LogP contribution in [0.15, 0.2) is 67.1 Å². The van der Waals surface area contributed by atoms with Gasteiger partial charge in [0.1, 0.15) is 23.1 Å². The van der Waals surface area contributed by atoms with Gasteiger partial charge in [-0.15, -0.1) is 0 Å². The van der Waals surface area contributed by atoms with E-state index in [1.54, 1.807) is 24.7 Å². The third-order valence-corrected chi connectivity index (χ3v) is 6.90. The van der Waals surface area contributed by atoms with Gasteiger partial charge in [0.2, 0.25) is 0 Å². The molecule has 0 saturated carbocycles. The first-order chi connectivity index (χ1) is 18.6. The third-order valence-electron chi connectivity index (χ3n) is 6.90. The van der Waals surface area contributed by atoms with E-state index in [4.69, 9.17) is 15.5 Å². The molecule has 1 aliphatic rings. The van der Waals surface area contributed by atoms with Gasteiger partial charge in [-0.1, -0.05) is 6.07 Å². The number of H-pyrrole nitrogens is 2. The summed E-state index contributed by atoms with van der Waals surface area (Å²) in [6.07, 6.45) is 5.23. The number of rotatable bonds is 5. The molecule has 0 aliphatic carbocycles. The number of fused-ring (bicyclic) bond motifs is 2. The number of anilines is 1. The van der Waals surface area contributed by atoms with Crippen LogP contribution in [-0.4, -0.2) is 56.4 Å². The van der Waals surface area contributed by atoms with E-state index in [-0.39, 0.29) is 11.9 Å². The number of ether oxygens (including phenoxy) is 1. The molecule has 38 heavy (non-hydrogen) atoms. The predicted octanol–water partition coefficient (Wildman–Crippen LogP) is 4.53. The number of halogens is 1. The minimum Gasteiger partial charge on any atom is -0.497 e. The molecule has 0 radical (unpaired) electrons. The molecule has 0 unspecified atom stereocenters. The lowest BCUT2D eigenvalue weighted by molar-refractivity contribution is 0.411. The van der Waals surface area contributed by atoms with Gasteiger partial charge in [0.05, 0.1) is 42.1 Å². The first-order valence-corrected chi connectivity index (χ1v) is 12.2. The smallest absolute Gasteiger partial charge is 0.147 e. The molecule has 4 aromatic heterocycles. The standard InChI is InChI=1S/C28H23FN8O/c1-38-19-7-16(6-17(29)9-19)27-21-10-24(33-22(21)4-5-32-27)28-20-8-15(2-3-23(20)35-36-28)25-11-31-12-26(34-25)37-13-18(30)14-37/h2-12,18,33H,13-14,30H2,1H3,(H,35,36). The number of aromatic amines is 2. The molecule has 4 N–H and O–H groups in total. The number of hydrogen-bond acceptors (Lipinski definition) is 7. The van der Waals surface area contributed by atoms with Crippen LogP contribution < -0.4 is 15.4 Å². The summed E-state index contributed by atoms with van der Waals surface area (Å²) >= 11 is 0. The van der Waals surface area contributed by atoms with Crippen LogP contribution >= 0.6 is 0 Å². The number of methoxy groups -OCH3 is 1. The van der Waals surface area contributed by atoms with Crippen LogP contribution in [0.2, 0.25) is 0 Å². The number of benzene rings is 2. The van der Waals surface area contributed by atoms with Gasteiger partial charge < -0.3 is 20.4 Å². The summed E-state index contributed by atoms with van der Waals surface area (Å²) in [5.41, 5.74) is 12.3. The molecule has 0 spiro atoms. The van der Waals surface area contributed by atoms with Gasteiger partial charge >= 0.3 is 0 Å². The Morgan fingerprint density at radius 1 is 0.974 bits per heavy atom. The van der Waals surface area contributed by atoms with E-state index in [0.29, 0.717) is 17.0 Å². The van der Waals surface area contributed by atoms with Crippen LogP contribution in [0.3, 0.4) is 0 Å². The molecule has 2 aromatic carbocycles. The number of nitrogens with zero attached hydrogens (tertiary/aromatic N) is 5. The summed E-state index contributed by atoms with van der Waals surface area (Å²) in [5, 5.41) is 9.52. The molecule has 0 amide bonds. The normalized spacial score (nSPS) is 13.8. The molecule has 10 heteroatoms. The van der Waals surface area contributed by atoms with Crippen LogP contribution in [0.4, 0.5) is 10.2 Å². The van der Waals surface area contributed by atoms with Crippen molar-refractivity contribution in [1.29, 1.82) is 0 Å². The Balaban J connectivity index is 1.30. The molecule has 1 fully saturated rings. The second-order valence-electron chi connectivity index (χ2n) is 9.44. The molecular weight excluding hydrogens is 483 g/mol. The van der Waals surface area contributed by atoms with Crippen molar-refractivity contribution in [1.82, 2.24) is 30.1 Å². The van der Waals surface area contributed by atoms with Gasteiger partial charge in [0.25, 0.3) is 0 Å². The summed E-state index contributed by atoms with van der Waals surface area (Å²) in [4.78, 5) is 19.3. The molecule has 1 saturated heterocycles. The highest BCUT2D eigenvalue weighted by molar-refractivity contribution is 6.00. The van der Waals surface area contributed by atoms with Crippen LogP contribution in [-0.2, 0) is 0 Å². The average Bonchev–Trinajstić information content (AvgIpc) is 3.54. The van der Waals surface area contributed by atoms with Crippen molar-refractivity contribution in [2.45, 2.75) is 6.04 Å². The minimum atomic E-state index is -0.385. The Hall–Kier alpha value is -4.83. The Bertz CT molecular complexity index is 1820. The van der Waals surface area contributed by atoms with Gasteiger partial charge in [-0.3, -0.25) is 15.1 Å². The fourth-order valence-electron chi connectivity index (χ4n) is 4.95. The van der Waals surface area contributed by atoms with E-state index in [9.17, 15) is 4.39 Å². The molecule has 188 valence electrons. The van der Waals surface area contributed by atoms with Crippen LogP contribution in [0.5, 0.6) is 5.75 Å². The van der Waals surface area contributed by atoms with E-state index in [1.807, 2.05) is 24.3 Å². The Kier molecular flexibility index (Phi) is 5.08. The molecule has 1 aliphatic heterocycles. The number of pyridine rings is 1. The summed E-state index contributed by atoms with van der Waals surface area (Å²) in [6, 6.07) is 14.7. The van der Waals surface area contributed by atoms with Crippen molar-refractivity contribution in [2.75, 3.05) is 25.1 Å². The van der Waals surface area contributed by atoms with Gasteiger partial charge in [-0.2, -0.15) is 5.10 Å². The van der Waals surface area contributed by atoms with Gasteiger partial charge in [-0.25, -0.2) is 9.37 Å². The summed E-state index contributed by atoms with van der Waals surface area (Å²) in [6.45, 7) is 1.56. The zero-order valence-corrected chi connectivity index (χ0v) is 20.4. The molecule has 0 atom stereocenters. The highest BCUT2D eigenvalue weighted by Crippen LogP contribution is 2.35. The number of nitrogens with one attached hydrogen (secondary N) is 2. The summed E-state index contributed by atoms with van der Waals surface area (Å²) in [7, 11) is 1.51. The van der Waals surface area contributed by atoms with Gasteiger partial charge in [0.15, 0.2) is 0 Å². The molecule has 9 nitrogen and oxygen atoms in total. The Morgan fingerprint density at radius 3 is 2.68 bits per heavy atom. The number of hydrogen-bond donors (Lipinski definition) is 3. The van der Waals surface area contributed by atoms with Crippen molar-refractivity contribution in [3.63, 3.8) is 0 Å². The molecular formula is C28H23FN8O. The minimum absolute atomic E-state index is 0.181. The third kappa shape index (κ3) is 3.73. The molecule has 7 rings (SSSR count). The Labute approximate surface area is 216 Å². The highest BCUT2D eigenvalue weighted by Gasteiger charge is 2.24. The van der Waals surface area contributed by atoms with Crippen molar-refractivity contribution in [3.8, 4) is 39.7 Å². The molecule has 6 aromatic rings. The number of nitrogens with two attached hydrogens (primary N) is 1. The largest absolute Gasteiger partial charge is 0.497 e. The maximum atomic E-state index is 14.2. The van der Waals surface area contributed by atoms with Gasteiger partial charge in [0, 0.05) is 58.8 Å². The van der Waals surface area contributed by atoms with E-state index >= 15 is 0 Å². The second-order valence-corrected chi connectivity index (χ2v) is 9.44. The predicted molar refractivity (Wildman–Crippen MR) is 144 cm³/mol. The van der Waals surface area contributed by atoms with E-state index in [1.165, 1.54) is 19.2 Å². The lowest BCUT2D eigenvalue weighted by Gasteiger charge is -2.37. The zero-order valence-electron chi connectivity index (χ0n) is 20.4. The first kappa shape index (κ1) is 22.4. The van der Waals surface area contributed by atoms with Gasteiger partial charge in [-0.05, 0) is 36.4 Å². The fourth-order valence-corrected chi connectivity index (χ4v) is 4.95. The lowest BCUT2D eigenvalue weighted by Crippen LogP contribution is -2.56. The first-order valence-electron chi connectivity index (χ1n) is 12.2. The summed E-state index contributed by atoms with van der Waals surface area (Å²) in [5.74, 6) is 0.870.